The number of hydrogen-bond acceptors (Lipinski definition) is 4. The highest BCUT2D eigenvalue weighted by atomic mass is 16.5. The quantitative estimate of drug-likeness (QED) is 0.887. The van der Waals surface area contributed by atoms with E-state index in [9.17, 15) is 4.79 Å². The fraction of sp³-hybridized carbons (Fsp3) is 0.250. The van der Waals surface area contributed by atoms with Crippen molar-refractivity contribution < 1.29 is 14.3 Å². The summed E-state index contributed by atoms with van der Waals surface area (Å²) in [6, 6.07) is 11.2. The number of aromatic nitrogens is 1. The standard InChI is InChI=1S/C16H18N2O3/c1-12-5-3-4-6-14(12)21-10-9-15(19)18-13-7-8-16(20-2)17-11-13/h3-8,11H,9-10H2,1-2H3,(H,18,19). The maximum absolute atomic E-state index is 11.8. The molecule has 0 aliphatic heterocycles. The summed E-state index contributed by atoms with van der Waals surface area (Å²) in [5.41, 5.74) is 1.69. The van der Waals surface area contributed by atoms with E-state index in [4.69, 9.17) is 9.47 Å². The van der Waals surface area contributed by atoms with Crippen molar-refractivity contribution in [3.63, 3.8) is 0 Å². The number of carbonyl (C=O) groups excluding carboxylic acids is 1. The average Bonchev–Trinajstić information content (AvgIpc) is 2.50. The summed E-state index contributed by atoms with van der Waals surface area (Å²) < 4.78 is 10.5. The van der Waals surface area contributed by atoms with Crippen molar-refractivity contribution in [3.8, 4) is 11.6 Å². The van der Waals surface area contributed by atoms with Crippen molar-refractivity contribution in [2.45, 2.75) is 13.3 Å². The summed E-state index contributed by atoms with van der Waals surface area (Å²) in [6.07, 6.45) is 1.83. The highest BCUT2D eigenvalue weighted by Crippen LogP contribution is 2.16. The summed E-state index contributed by atoms with van der Waals surface area (Å²) in [4.78, 5) is 15.8. The number of ether oxygens (including phenoxy) is 2. The molecule has 0 spiro atoms. The highest BCUT2D eigenvalue weighted by molar-refractivity contribution is 5.90. The van der Waals surface area contributed by atoms with Crippen LogP contribution in [0.15, 0.2) is 42.6 Å². The number of carbonyl (C=O) groups is 1. The van der Waals surface area contributed by atoms with Gasteiger partial charge in [0.1, 0.15) is 5.75 Å². The van der Waals surface area contributed by atoms with Gasteiger partial charge in [-0.3, -0.25) is 4.79 Å². The first-order chi connectivity index (χ1) is 10.2. The Kier molecular flexibility index (Phi) is 5.15. The zero-order chi connectivity index (χ0) is 15.1. The van der Waals surface area contributed by atoms with Gasteiger partial charge in [-0.2, -0.15) is 0 Å². The lowest BCUT2D eigenvalue weighted by Gasteiger charge is -2.09. The molecule has 0 saturated carbocycles. The van der Waals surface area contributed by atoms with Crippen LogP contribution in [0.3, 0.4) is 0 Å². The van der Waals surface area contributed by atoms with Crippen molar-refractivity contribution in [2.75, 3.05) is 19.0 Å². The van der Waals surface area contributed by atoms with Crippen molar-refractivity contribution in [1.82, 2.24) is 4.98 Å². The van der Waals surface area contributed by atoms with Gasteiger partial charge >= 0.3 is 0 Å². The van der Waals surface area contributed by atoms with E-state index in [2.05, 4.69) is 10.3 Å². The maximum atomic E-state index is 11.8. The molecule has 1 amide bonds. The Balaban J connectivity index is 1.78. The Morgan fingerprint density at radius 1 is 1.24 bits per heavy atom. The van der Waals surface area contributed by atoms with E-state index in [1.165, 1.54) is 0 Å². The van der Waals surface area contributed by atoms with Crippen molar-refractivity contribution in [1.29, 1.82) is 0 Å². The summed E-state index contributed by atoms with van der Waals surface area (Å²) in [5, 5.41) is 2.76. The fourth-order valence-electron chi connectivity index (χ4n) is 1.77. The van der Waals surface area contributed by atoms with Crippen LogP contribution in [0, 0.1) is 6.92 Å². The van der Waals surface area contributed by atoms with Crippen molar-refractivity contribution in [2.24, 2.45) is 0 Å². The van der Waals surface area contributed by atoms with Crippen molar-refractivity contribution >= 4 is 11.6 Å². The van der Waals surface area contributed by atoms with Gasteiger partial charge < -0.3 is 14.8 Å². The molecule has 1 aromatic heterocycles. The Morgan fingerprint density at radius 3 is 2.71 bits per heavy atom. The Labute approximate surface area is 123 Å². The van der Waals surface area contributed by atoms with Gasteiger partial charge in [0.2, 0.25) is 11.8 Å². The molecule has 5 nitrogen and oxygen atoms in total. The van der Waals surface area contributed by atoms with Crippen LogP contribution < -0.4 is 14.8 Å². The highest BCUT2D eigenvalue weighted by Gasteiger charge is 2.04. The van der Waals surface area contributed by atoms with Crippen LogP contribution in [-0.4, -0.2) is 24.6 Å². The van der Waals surface area contributed by atoms with Gasteiger partial charge in [0.25, 0.3) is 0 Å². The molecule has 0 aliphatic rings. The minimum Gasteiger partial charge on any atom is -0.493 e. The van der Waals surface area contributed by atoms with Gasteiger partial charge in [0, 0.05) is 6.07 Å². The van der Waals surface area contributed by atoms with Gasteiger partial charge in [-0.25, -0.2) is 4.98 Å². The molecule has 0 saturated heterocycles. The minimum atomic E-state index is -0.115. The third-order valence-corrected chi connectivity index (χ3v) is 2.91. The molecule has 0 radical (unpaired) electrons. The number of para-hydroxylation sites is 1. The summed E-state index contributed by atoms with van der Waals surface area (Å²) in [6.45, 7) is 2.30. The Bertz CT molecular complexity index is 597. The van der Waals surface area contributed by atoms with Crippen LogP contribution in [-0.2, 0) is 4.79 Å². The van der Waals surface area contributed by atoms with Crippen LogP contribution in [0.5, 0.6) is 11.6 Å². The predicted octanol–water partition coefficient (Wildman–Crippen LogP) is 2.81. The average molecular weight is 286 g/mol. The molecule has 0 atom stereocenters. The van der Waals surface area contributed by atoms with Crippen LogP contribution in [0.25, 0.3) is 0 Å². The molecule has 2 rings (SSSR count). The fourth-order valence-corrected chi connectivity index (χ4v) is 1.77. The smallest absolute Gasteiger partial charge is 0.227 e. The lowest BCUT2D eigenvalue weighted by atomic mass is 10.2. The van der Waals surface area contributed by atoms with E-state index < -0.39 is 0 Å². The number of pyridine rings is 1. The summed E-state index contributed by atoms with van der Waals surface area (Å²) in [7, 11) is 1.55. The van der Waals surface area contributed by atoms with Gasteiger partial charge in [0.05, 0.1) is 32.0 Å². The van der Waals surface area contributed by atoms with E-state index in [0.29, 0.717) is 18.2 Å². The zero-order valence-corrected chi connectivity index (χ0v) is 12.1. The lowest BCUT2D eigenvalue weighted by Crippen LogP contribution is -2.15. The first-order valence-corrected chi connectivity index (χ1v) is 6.67. The van der Waals surface area contributed by atoms with Gasteiger partial charge in [-0.1, -0.05) is 18.2 Å². The number of nitrogens with zero attached hydrogens (tertiary/aromatic N) is 1. The monoisotopic (exact) mass is 286 g/mol. The molecule has 0 aliphatic carbocycles. The molecular formula is C16H18N2O3. The van der Waals surface area contributed by atoms with Crippen LogP contribution in [0.4, 0.5) is 5.69 Å². The molecule has 1 N–H and O–H groups in total. The molecule has 1 aromatic carbocycles. The van der Waals surface area contributed by atoms with E-state index in [1.54, 1.807) is 25.4 Å². The summed E-state index contributed by atoms with van der Waals surface area (Å²) >= 11 is 0. The topological polar surface area (TPSA) is 60.5 Å². The van der Waals surface area contributed by atoms with E-state index in [0.717, 1.165) is 11.3 Å². The third kappa shape index (κ3) is 4.49. The second-order valence-electron chi connectivity index (χ2n) is 4.50. The molecule has 1 heterocycles. The minimum absolute atomic E-state index is 0.115. The van der Waals surface area contributed by atoms with Crippen LogP contribution in [0.2, 0.25) is 0 Å². The second-order valence-corrected chi connectivity index (χ2v) is 4.50. The first-order valence-electron chi connectivity index (χ1n) is 6.67. The molecule has 110 valence electrons. The molecular weight excluding hydrogens is 268 g/mol. The maximum Gasteiger partial charge on any atom is 0.227 e. The first kappa shape index (κ1) is 14.8. The molecule has 2 aromatic rings. The number of rotatable bonds is 6. The predicted molar refractivity (Wildman–Crippen MR) is 80.7 cm³/mol. The molecule has 5 heteroatoms. The number of nitrogens with one attached hydrogen (secondary N) is 1. The second kappa shape index (κ2) is 7.28. The third-order valence-electron chi connectivity index (χ3n) is 2.91. The van der Waals surface area contributed by atoms with E-state index >= 15 is 0 Å². The number of aryl methyl sites for hydroxylation is 1. The normalized spacial score (nSPS) is 10.0. The molecule has 0 unspecified atom stereocenters. The number of anilines is 1. The SMILES string of the molecule is COc1ccc(NC(=O)CCOc2ccccc2C)cn1. The van der Waals surface area contributed by atoms with E-state index in [1.807, 2.05) is 31.2 Å². The van der Waals surface area contributed by atoms with E-state index in [-0.39, 0.29) is 12.3 Å². The number of methoxy groups -OCH3 is 1. The molecule has 21 heavy (non-hydrogen) atoms. The number of hydrogen-bond donors (Lipinski definition) is 1. The van der Waals surface area contributed by atoms with Crippen molar-refractivity contribution in [3.05, 3.63) is 48.2 Å². The van der Waals surface area contributed by atoms with Crippen LogP contribution in [0.1, 0.15) is 12.0 Å². The summed E-state index contributed by atoms with van der Waals surface area (Å²) in [5.74, 6) is 1.20. The largest absolute Gasteiger partial charge is 0.493 e. The van der Waals surface area contributed by atoms with Gasteiger partial charge in [-0.05, 0) is 24.6 Å². The van der Waals surface area contributed by atoms with Crippen LogP contribution >= 0.6 is 0 Å². The van der Waals surface area contributed by atoms with Gasteiger partial charge in [-0.15, -0.1) is 0 Å². The van der Waals surface area contributed by atoms with Gasteiger partial charge in [0.15, 0.2) is 0 Å². The zero-order valence-electron chi connectivity index (χ0n) is 12.1. The lowest BCUT2D eigenvalue weighted by molar-refractivity contribution is -0.116. The number of benzene rings is 1. The molecule has 0 bridgehead atoms. The Hall–Kier alpha value is -2.56. The Morgan fingerprint density at radius 2 is 2.05 bits per heavy atom. The molecule has 0 fully saturated rings. The number of amides is 1.